The van der Waals surface area contributed by atoms with E-state index in [1.54, 1.807) is 48.6 Å². The van der Waals surface area contributed by atoms with Crippen LogP contribution in [0.2, 0.25) is 5.02 Å². The van der Waals surface area contributed by atoms with E-state index in [2.05, 4.69) is 15.2 Å². The van der Waals surface area contributed by atoms with Crippen LogP contribution in [0.4, 0.5) is 4.39 Å². The molecule has 8 nitrogen and oxygen atoms in total. The zero-order valence-electron chi connectivity index (χ0n) is 18.8. The maximum atomic E-state index is 14.0. The third-order valence-electron chi connectivity index (χ3n) is 5.85. The van der Waals surface area contributed by atoms with Crippen LogP contribution in [0.25, 0.3) is 22.0 Å². The van der Waals surface area contributed by atoms with Gasteiger partial charge >= 0.3 is 0 Å². The van der Waals surface area contributed by atoms with Gasteiger partial charge in [0.1, 0.15) is 17.7 Å². The highest BCUT2D eigenvalue weighted by molar-refractivity contribution is 6.30. The van der Waals surface area contributed by atoms with Crippen molar-refractivity contribution in [2.75, 3.05) is 20.3 Å². The van der Waals surface area contributed by atoms with Crippen molar-refractivity contribution in [3.63, 3.8) is 0 Å². The molecule has 1 aliphatic heterocycles. The molecule has 2 aromatic heterocycles. The second-order valence-corrected chi connectivity index (χ2v) is 8.79. The number of halogens is 2. The molecule has 0 saturated carbocycles. The molecule has 1 aliphatic rings. The fraction of sp³-hybridized carbons (Fsp3) is 0.240. The SMILES string of the molecule is CN(Cc1cnc(CO)c2cn[nH]c12)C(=O)c1ccc(-c2cc(F)cc(Cl)c2)c(OC2COC2)c1. The van der Waals surface area contributed by atoms with Crippen molar-refractivity contribution in [2.24, 2.45) is 0 Å². The van der Waals surface area contributed by atoms with E-state index in [0.717, 1.165) is 11.1 Å². The third-order valence-corrected chi connectivity index (χ3v) is 6.07. The summed E-state index contributed by atoms with van der Waals surface area (Å²) in [6.45, 7) is 0.948. The predicted octanol–water partition coefficient (Wildman–Crippen LogP) is 3.96. The Bertz CT molecular complexity index is 1390. The number of nitrogens with zero attached hydrogens (tertiary/aromatic N) is 3. The number of aliphatic hydroxyl groups excluding tert-OH is 1. The minimum atomic E-state index is -0.462. The Morgan fingerprint density at radius 1 is 1.29 bits per heavy atom. The van der Waals surface area contributed by atoms with E-state index < -0.39 is 5.82 Å². The first-order chi connectivity index (χ1) is 16.9. The number of carbonyl (C=O) groups is 1. The number of nitrogens with one attached hydrogen (secondary N) is 1. The Morgan fingerprint density at radius 3 is 2.83 bits per heavy atom. The van der Waals surface area contributed by atoms with Gasteiger partial charge < -0.3 is 19.5 Å². The standard InChI is InChI=1S/C25H22ClFN4O4/c1-31(10-16-8-28-22(11-32)21-9-29-30-24(16)21)25(33)14-2-3-20(15-4-17(26)7-18(27)5-15)23(6-14)35-19-12-34-13-19/h2-9,19,32H,10-13H2,1H3,(H,29,30). The van der Waals surface area contributed by atoms with Crippen LogP contribution in [0.5, 0.6) is 5.75 Å². The van der Waals surface area contributed by atoms with Crippen molar-refractivity contribution in [1.82, 2.24) is 20.1 Å². The maximum absolute atomic E-state index is 14.0. The van der Waals surface area contributed by atoms with E-state index in [1.165, 1.54) is 12.1 Å². The molecule has 1 amide bonds. The number of hydrogen-bond donors (Lipinski definition) is 2. The molecule has 2 N–H and O–H groups in total. The fourth-order valence-corrected chi connectivity index (χ4v) is 4.22. The van der Waals surface area contributed by atoms with Gasteiger partial charge in [-0.1, -0.05) is 11.6 Å². The summed E-state index contributed by atoms with van der Waals surface area (Å²) in [4.78, 5) is 19.1. The van der Waals surface area contributed by atoms with Crippen LogP contribution >= 0.6 is 11.6 Å². The van der Waals surface area contributed by atoms with E-state index in [0.29, 0.717) is 46.7 Å². The number of ether oxygens (including phenoxy) is 2. The van der Waals surface area contributed by atoms with Crippen LogP contribution < -0.4 is 4.74 Å². The number of amides is 1. The molecule has 4 aromatic rings. The van der Waals surface area contributed by atoms with Gasteiger partial charge in [0, 0.05) is 46.9 Å². The van der Waals surface area contributed by atoms with Gasteiger partial charge in [0.25, 0.3) is 5.91 Å². The molecular weight excluding hydrogens is 475 g/mol. The lowest BCUT2D eigenvalue weighted by Crippen LogP contribution is -2.38. The average Bonchev–Trinajstić information content (AvgIpc) is 3.31. The Hall–Kier alpha value is -3.53. The van der Waals surface area contributed by atoms with Crippen LogP contribution in [0, 0.1) is 5.82 Å². The van der Waals surface area contributed by atoms with Gasteiger partial charge in [-0.15, -0.1) is 0 Å². The highest BCUT2D eigenvalue weighted by atomic mass is 35.5. The maximum Gasteiger partial charge on any atom is 0.254 e. The van der Waals surface area contributed by atoms with Gasteiger partial charge in [-0.2, -0.15) is 5.10 Å². The van der Waals surface area contributed by atoms with Gasteiger partial charge in [-0.25, -0.2) is 4.39 Å². The highest BCUT2D eigenvalue weighted by Crippen LogP contribution is 2.35. The topological polar surface area (TPSA) is 101 Å². The summed E-state index contributed by atoms with van der Waals surface area (Å²) in [6, 6.07) is 9.32. The minimum absolute atomic E-state index is 0.148. The van der Waals surface area contributed by atoms with Gasteiger partial charge in [0.05, 0.1) is 37.2 Å². The number of aromatic amines is 1. The van der Waals surface area contributed by atoms with Crippen LogP contribution in [0.15, 0.2) is 48.8 Å². The molecule has 0 atom stereocenters. The molecule has 3 heterocycles. The first kappa shape index (κ1) is 23.2. The summed E-state index contributed by atoms with van der Waals surface area (Å²) in [7, 11) is 1.69. The number of benzene rings is 2. The molecule has 0 radical (unpaired) electrons. The molecular formula is C25H22ClFN4O4. The van der Waals surface area contributed by atoms with E-state index in [-0.39, 0.29) is 30.2 Å². The van der Waals surface area contributed by atoms with Crippen molar-refractivity contribution in [3.05, 3.63) is 76.5 Å². The monoisotopic (exact) mass is 496 g/mol. The molecule has 180 valence electrons. The normalized spacial score (nSPS) is 13.6. The van der Waals surface area contributed by atoms with Gasteiger partial charge in [-0.05, 0) is 42.0 Å². The van der Waals surface area contributed by atoms with Gasteiger partial charge in [-0.3, -0.25) is 14.9 Å². The number of fused-ring (bicyclic) bond motifs is 1. The number of rotatable bonds is 7. The molecule has 10 heteroatoms. The van der Waals surface area contributed by atoms with Crippen LogP contribution in [-0.4, -0.2) is 57.5 Å². The summed E-state index contributed by atoms with van der Waals surface area (Å²) >= 11 is 6.06. The van der Waals surface area contributed by atoms with Gasteiger partial charge in [0.2, 0.25) is 0 Å². The van der Waals surface area contributed by atoms with Crippen LogP contribution in [0.1, 0.15) is 21.6 Å². The van der Waals surface area contributed by atoms with Crippen LogP contribution in [-0.2, 0) is 17.9 Å². The van der Waals surface area contributed by atoms with Crippen molar-refractivity contribution >= 4 is 28.4 Å². The summed E-state index contributed by atoms with van der Waals surface area (Å²) in [5, 5.41) is 17.4. The van der Waals surface area contributed by atoms with Crippen molar-refractivity contribution in [1.29, 1.82) is 0 Å². The number of pyridine rings is 1. The molecule has 0 aliphatic carbocycles. The Labute approximate surface area is 205 Å². The first-order valence-electron chi connectivity index (χ1n) is 10.9. The Balaban J connectivity index is 1.44. The molecule has 0 spiro atoms. The van der Waals surface area contributed by atoms with Crippen molar-refractivity contribution in [2.45, 2.75) is 19.3 Å². The zero-order chi connectivity index (χ0) is 24.5. The lowest BCUT2D eigenvalue weighted by Gasteiger charge is -2.28. The second kappa shape index (κ2) is 9.61. The van der Waals surface area contributed by atoms with Gasteiger partial charge in [0.15, 0.2) is 0 Å². The molecule has 1 saturated heterocycles. The summed E-state index contributed by atoms with van der Waals surface area (Å²) in [5.74, 6) is -0.247. The smallest absolute Gasteiger partial charge is 0.254 e. The average molecular weight is 497 g/mol. The van der Waals surface area contributed by atoms with E-state index in [1.807, 2.05) is 0 Å². The number of carbonyl (C=O) groups excluding carboxylic acids is 1. The third kappa shape index (κ3) is 4.70. The van der Waals surface area contributed by atoms with E-state index in [4.69, 9.17) is 21.1 Å². The molecule has 1 fully saturated rings. The lowest BCUT2D eigenvalue weighted by molar-refractivity contribution is -0.0794. The van der Waals surface area contributed by atoms with Crippen molar-refractivity contribution < 1.29 is 23.8 Å². The molecule has 0 bridgehead atoms. The van der Waals surface area contributed by atoms with E-state index in [9.17, 15) is 14.3 Å². The summed E-state index contributed by atoms with van der Waals surface area (Å²) in [5.41, 5.74) is 3.58. The highest BCUT2D eigenvalue weighted by Gasteiger charge is 2.24. The largest absolute Gasteiger partial charge is 0.485 e. The Morgan fingerprint density at radius 2 is 2.11 bits per heavy atom. The summed E-state index contributed by atoms with van der Waals surface area (Å²) in [6.07, 6.45) is 3.08. The quantitative estimate of drug-likeness (QED) is 0.402. The number of aliphatic hydroxyl groups is 1. The second-order valence-electron chi connectivity index (χ2n) is 8.35. The Kier molecular flexibility index (Phi) is 6.38. The molecule has 0 unspecified atom stereocenters. The number of hydrogen-bond acceptors (Lipinski definition) is 6. The lowest BCUT2D eigenvalue weighted by atomic mass is 10.0. The number of aromatic nitrogens is 3. The first-order valence-corrected chi connectivity index (χ1v) is 11.3. The minimum Gasteiger partial charge on any atom is -0.485 e. The fourth-order valence-electron chi connectivity index (χ4n) is 4.00. The van der Waals surface area contributed by atoms with E-state index >= 15 is 0 Å². The van der Waals surface area contributed by atoms with Crippen molar-refractivity contribution in [3.8, 4) is 16.9 Å². The predicted molar refractivity (Wildman–Crippen MR) is 128 cm³/mol. The zero-order valence-corrected chi connectivity index (χ0v) is 19.6. The molecule has 35 heavy (non-hydrogen) atoms. The molecule has 5 rings (SSSR count). The number of H-pyrrole nitrogens is 1. The van der Waals surface area contributed by atoms with Crippen LogP contribution in [0.3, 0.4) is 0 Å². The summed E-state index contributed by atoms with van der Waals surface area (Å²) < 4.78 is 25.3. The molecule has 2 aromatic carbocycles.